The van der Waals surface area contributed by atoms with E-state index in [4.69, 9.17) is 5.73 Å². The molecule has 0 saturated carbocycles. The van der Waals surface area contributed by atoms with Crippen molar-refractivity contribution in [2.75, 3.05) is 19.6 Å². The fourth-order valence-corrected chi connectivity index (χ4v) is 2.81. The molecule has 0 aliphatic carbocycles. The van der Waals surface area contributed by atoms with Crippen LogP contribution in [0.1, 0.15) is 47.0 Å². The van der Waals surface area contributed by atoms with Gasteiger partial charge in [-0.05, 0) is 25.2 Å². The van der Waals surface area contributed by atoms with Crippen LogP contribution in [-0.2, 0) is 9.59 Å². The van der Waals surface area contributed by atoms with Crippen molar-refractivity contribution in [2.24, 2.45) is 23.5 Å². The maximum Gasteiger partial charge on any atom is 0.225 e. The Labute approximate surface area is 128 Å². The number of nitrogens with zero attached hydrogens (tertiary/aromatic N) is 1. The molecule has 0 aromatic carbocycles. The zero-order valence-electron chi connectivity index (χ0n) is 13.9. The van der Waals surface area contributed by atoms with Gasteiger partial charge in [-0.3, -0.25) is 9.59 Å². The Morgan fingerprint density at radius 2 is 1.76 bits per heavy atom. The Balaban J connectivity index is 2.41. The van der Waals surface area contributed by atoms with Crippen molar-refractivity contribution in [1.82, 2.24) is 10.2 Å². The molecule has 1 heterocycles. The number of likely N-dealkylation sites (tertiary alicyclic amines) is 1. The summed E-state index contributed by atoms with van der Waals surface area (Å²) in [5.41, 5.74) is 5.71. The highest BCUT2D eigenvalue weighted by atomic mass is 16.2. The number of carbonyl (C=O) groups is 2. The number of carbonyl (C=O) groups excluding carboxylic acids is 2. The molecule has 3 N–H and O–H groups in total. The molecular formula is C16H31N3O2. The molecule has 0 aromatic rings. The molecule has 1 rings (SSSR count). The molecule has 122 valence electrons. The van der Waals surface area contributed by atoms with E-state index in [2.05, 4.69) is 19.2 Å². The average molecular weight is 297 g/mol. The van der Waals surface area contributed by atoms with Crippen molar-refractivity contribution in [3.8, 4) is 0 Å². The van der Waals surface area contributed by atoms with E-state index in [-0.39, 0.29) is 29.7 Å². The first-order valence-corrected chi connectivity index (χ1v) is 8.14. The second kappa shape index (κ2) is 8.37. The lowest BCUT2D eigenvalue weighted by Crippen LogP contribution is -2.49. The van der Waals surface area contributed by atoms with E-state index in [1.54, 1.807) is 0 Å². The maximum absolute atomic E-state index is 12.2. The van der Waals surface area contributed by atoms with Gasteiger partial charge in [-0.15, -0.1) is 0 Å². The first-order valence-electron chi connectivity index (χ1n) is 8.14. The molecule has 1 unspecified atom stereocenters. The SMILES string of the molecule is CC(C)CC(CN)C(=O)NC1CCN(C(=O)C(C)C)CC1. The summed E-state index contributed by atoms with van der Waals surface area (Å²) in [5, 5.41) is 3.11. The van der Waals surface area contributed by atoms with E-state index in [1.165, 1.54) is 0 Å². The van der Waals surface area contributed by atoms with Gasteiger partial charge in [-0.2, -0.15) is 0 Å². The lowest BCUT2D eigenvalue weighted by molar-refractivity contribution is -0.135. The Morgan fingerprint density at radius 1 is 1.19 bits per heavy atom. The van der Waals surface area contributed by atoms with Gasteiger partial charge in [0.1, 0.15) is 0 Å². The van der Waals surface area contributed by atoms with Crippen LogP contribution in [0.2, 0.25) is 0 Å². The van der Waals surface area contributed by atoms with Crippen molar-refractivity contribution >= 4 is 11.8 Å². The van der Waals surface area contributed by atoms with Crippen molar-refractivity contribution in [2.45, 2.75) is 53.0 Å². The minimum Gasteiger partial charge on any atom is -0.353 e. The average Bonchev–Trinajstić information content (AvgIpc) is 2.44. The van der Waals surface area contributed by atoms with Crippen LogP contribution in [0, 0.1) is 17.8 Å². The zero-order valence-corrected chi connectivity index (χ0v) is 13.9. The molecule has 0 spiro atoms. The maximum atomic E-state index is 12.2. The smallest absolute Gasteiger partial charge is 0.225 e. The Bertz CT molecular complexity index is 347. The third kappa shape index (κ3) is 5.65. The van der Waals surface area contributed by atoms with Gasteiger partial charge in [0.15, 0.2) is 0 Å². The van der Waals surface area contributed by atoms with Gasteiger partial charge >= 0.3 is 0 Å². The number of hydrogen-bond donors (Lipinski definition) is 2. The zero-order chi connectivity index (χ0) is 16.0. The summed E-state index contributed by atoms with van der Waals surface area (Å²) in [5.74, 6) is 0.693. The first kappa shape index (κ1) is 18.0. The third-order valence-electron chi connectivity index (χ3n) is 4.06. The molecule has 0 radical (unpaired) electrons. The van der Waals surface area contributed by atoms with Gasteiger partial charge in [0.2, 0.25) is 11.8 Å². The van der Waals surface area contributed by atoms with Crippen LogP contribution in [0.4, 0.5) is 0 Å². The number of rotatable bonds is 6. The molecular weight excluding hydrogens is 266 g/mol. The molecule has 21 heavy (non-hydrogen) atoms. The monoisotopic (exact) mass is 297 g/mol. The molecule has 1 aliphatic heterocycles. The predicted octanol–water partition coefficient (Wildman–Crippen LogP) is 1.37. The van der Waals surface area contributed by atoms with Gasteiger partial charge in [-0.25, -0.2) is 0 Å². The van der Waals surface area contributed by atoms with Crippen LogP contribution in [0.25, 0.3) is 0 Å². The van der Waals surface area contributed by atoms with E-state index >= 15 is 0 Å². The molecule has 1 atom stereocenters. The number of nitrogens with one attached hydrogen (secondary N) is 1. The Hall–Kier alpha value is -1.10. The second-order valence-electron chi connectivity index (χ2n) is 6.83. The van der Waals surface area contributed by atoms with Crippen LogP contribution in [-0.4, -0.2) is 42.4 Å². The lowest BCUT2D eigenvalue weighted by Gasteiger charge is -2.34. The van der Waals surface area contributed by atoms with Crippen molar-refractivity contribution < 1.29 is 9.59 Å². The summed E-state index contributed by atoms with van der Waals surface area (Å²) in [6.45, 7) is 9.92. The number of amides is 2. The summed E-state index contributed by atoms with van der Waals surface area (Å²) in [4.78, 5) is 26.1. The van der Waals surface area contributed by atoms with E-state index in [0.717, 1.165) is 32.4 Å². The van der Waals surface area contributed by atoms with Crippen molar-refractivity contribution in [1.29, 1.82) is 0 Å². The van der Waals surface area contributed by atoms with Crippen LogP contribution < -0.4 is 11.1 Å². The summed E-state index contributed by atoms with van der Waals surface area (Å²) in [7, 11) is 0. The van der Waals surface area contributed by atoms with Gasteiger partial charge < -0.3 is 16.0 Å². The first-order chi connectivity index (χ1) is 9.85. The predicted molar refractivity (Wildman–Crippen MR) is 84.6 cm³/mol. The molecule has 2 amide bonds. The summed E-state index contributed by atoms with van der Waals surface area (Å²) in [6, 6.07) is 0.176. The quantitative estimate of drug-likeness (QED) is 0.777. The van der Waals surface area contributed by atoms with Gasteiger partial charge in [0, 0.05) is 31.6 Å². The highest BCUT2D eigenvalue weighted by Gasteiger charge is 2.27. The fourth-order valence-electron chi connectivity index (χ4n) is 2.81. The number of hydrogen-bond acceptors (Lipinski definition) is 3. The highest BCUT2D eigenvalue weighted by Crippen LogP contribution is 2.15. The lowest BCUT2D eigenvalue weighted by atomic mass is 9.95. The van der Waals surface area contributed by atoms with Crippen LogP contribution >= 0.6 is 0 Å². The van der Waals surface area contributed by atoms with E-state index in [1.807, 2.05) is 18.7 Å². The minimum atomic E-state index is -0.0969. The second-order valence-corrected chi connectivity index (χ2v) is 6.83. The third-order valence-corrected chi connectivity index (χ3v) is 4.06. The standard InChI is InChI=1S/C16H31N3O2/c1-11(2)9-13(10-17)15(20)18-14-5-7-19(8-6-14)16(21)12(3)4/h11-14H,5-10,17H2,1-4H3,(H,18,20). The molecule has 0 bridgehead atoms. The molecule has 1 aliphatic rings. The summed E-state index contributed by atoms with van der Waals surface area (Å²) in [6.07, 6.45) is 2.50. The molecule has 1 saturated heterocycles. The fraction of sp³-hybridized carbons (Fsp3) is 0.875. The molecule has 5 nitrogen and oxygen atoms in total. The van der Waals surface area contributed by atoms with Crippen LogP contribution in [0.15, 0.2) is 0 Å². The topological polar surface area (TPSA) is 75.4 Å². The van der Waals surface area contributed by atoms with Crippen molar-refractivity contribution in [3.05, 3.63) is 0 Å². The highest BCUT2D eigenvalue weighted by molar-refractivity contribution is 5.79. The molecule has 1 fully saturated rings. The Kier molecular flexibility index (Phi) is 7.15. The Morgan fingerprint density at radius 3 is 2.19 bits per heavy atom. The normalized spacial score (nSPS) is 18.1. The van der Waals surface area contributed by atoms with Gasteiger partial charge in [0.25, 0.3) is 0 Å². The number of piperidine rings is 1. The molecule has 0 aromatic heterocycles. The van der Waals surface area contributed by atoms with E-state index in [9.17, 15) is 9.59 Å². The van der Waals surface area contributed by atoms with Gasteiger partial charge in [0.05, 0.1) is 5.92 Å². The number of nitrogens with two attached hydrogens (primary N) is 1. The van der Waals surface area contributed by atoms with Crippen LogP contribution in [0.5, 0.6) is 0 Å². The van der Waals surface area contributed by atoms with E-state index < -0.39 is 0 Å². The summed E-state index contributed by atoms with van der Waals surface area (Å²) >= 11 is 0. The van der Waals surface area contributed by atoms with Crippen molar-refractivity contribution in [3.63, 3.8) is 0 Å². The van der Waals surface area contributed by atoms with Gasteiger partial charge in [-0.1, -0.05) is 27.7 Å². The molecule has 5 heteroatoms. The van der Waals surface area contributed by atoms with Crippen LogP contribution in [0.3, 0.4) is 0 Å². The largest absolute Gasteiger partial charge is 0.353 e. The van der Waals surface area contributed by atoms with E-state index in [0.29, 0.717) is 12.5 Å². The minimum absolute atomic E-state index is 0.0452. The summed E-state index contributed by atoms with van der Waals surface area (Å²) < 4.78 is 0.